The van der Waals surface area contributed by atoms with Crippen LogP contribution in [-0.2, 0) is 14.9 Å². The Morgan fingerprint density at radius 1 is 1.25 bits per heavy atom. The fourth-order valence-electron chi connectivity index (χ4n) is 2.00. The molecule has 0 radical (unpaired) electrons. The normalized spacial score (nSPS) is 16.3. The Bertz CT molecular complexity index is 336. The molecule has 1 aliphatic rings. The summed E-state index contributed by atoms with van der Waals surface area (Å²) in [6.45, 7) is 2.25. The van der Waals surface area contributed by atoms with Crippen molar-refractivity contribution < 1.29 is 14.9 Å². The maximum absolute atomic E-state index is 2.45. The first-order valence-electron chi connectivity index (χ1n) is 5.56. The zero-order valence-corrected chi connectivity index (χ0v) is 16.2. The summed E-state index contributed by atoms with van der Waals surface area (Å²) in [5.41, 5.74) is 2.94. The molecule has 0 fully saturated rings. The van der Waals surface area contributed by atoms with Gasteiger partial charge in [0.1, 0.15) is 0 Å². The van der Waals surface area contributed by atoms with Crippen molar-refractivity contribution in [3.05, 3.63) is 41.5 Å². The van der Waals surface area contributed by atoms with Gasteiger partial charge in [-0.15, -0.1) is 0 Å². The molecule has 1 aromatic rings. The van der Waals surface area contributed by atoms with Gasteiger partial charge in [0.05, 0.1) is 0 Å². The van der Waals surface area contributed by atoms with Crippen molar-refractivity contribution in [3.63, 3.8) is 0 Å². The summed E-state index contributed by atoms with van der Waals surface area (Å²) in [6.07, 6.45) is 8.55. The van der Waals surface area contributed by atoms with Crippen LogP contribution in [0.3, 0.4) is 0 Å². The quantitative estimate of drug-likeness (QED) is 0.448. The van der Waals surface area contributed by atoms with Crippen molar-refractivity contribution in [3.8, 4) is 0 Å². The summed E-state index contributed by atoms with van der Waals surface area (Å²) < 4.78 is 0. The predicted octanol–water partition coefficient (Wildman–Crippen LogP) is 5.76. The van der Waals surface area contributed by atoms with E-state index in [1.807, 2.05) is 0 Å². The van der Waals surface area contributed by atoms with E-state index in [2.05, 4.69) is 79.4 Å². The van der Waals surface area contributed by atoms with E-state index >= 15 is 0 Å². The molecule has 1 unspecified atom stereocenters. The summed E-state index contributed by atoms with van der Waals surface area (Å²) in [6, 6.07) is 8.73. The van der Waals surface area contributed by atoms with E-state index in [0.29, 0.717) is 5.92 Å². The zero-order chi connectivity index (χ0) is 11.8. The van der Waals surface area contributed by atoms with Crippen molar-refractivity contribution in [1.29, 1.82) is 0 Å². The molecular formula is C13H16I2Zr. The molecule has 0 bridgehead atoms. The summed E-state index contributed by atoms with van der Waals surface area (Å²) in [5, 5.41) is 0. The zero-order valence-electron chi connectivity index (χ0n) is 9.42. The number of fused-ring (bicyclic) bond motifs is 1. The second kappa shape index (κ2) is 9.26. The van der Waals surface area contributed by atoms with Gasteiger partial charge in [0.25, 0.3) is 0 Å². The number of hydrogen-bond acceptors (Lipinski definition) is 0. The average molecular weight is 517 g/mol. The SMILES string of the molecule is CCCCC1C=Cc2ccccc21.[I][Zr][I]. The third-order valence-corrected chi connectivity index (χ3v) is 2.77. The monoisotopic (exact) mass is 516 g/mol. The molecule has 0 amide bonds. The molecule has 0 aromatic heterocycles. The van der Waals surface area contributed by atoms with Crippen LogP contribution in [0, 0.1) is 0 Å². The third kappa shape index (κ3) is 4.89. The first-order valence-corrected chi connectivity index (χ1v) is 20.2. The number of rotatable bonds is 3. The summed E-state index contributed by atoms with van der Waals surface area (Å²) in [5.74, 6) is 0.691. The van der Waals surface area contributed by atoms with Crippen LogP contribution in [0.5, 0.6) is 0 Å². The van der Waals surface area contributed by atoms with Gasteiger partial charge in [-0.1, -0.05) is 56.2 Å². The second-order valence-corrected chi connectivity index (χ2v) is 22.8. The summed E-state index contributed by atoms with van der Waals surface area (Å²) >= 11 is 5.06. The third-order valence-electron chi connectivity index (χ3n) is 2.77. The standard InChI is InChI=1S/C13H16.2HI.Zr/c1-2-3-6-11-9-10-12-7-4-5-8-13(11)12;;;/h4-5,7-11H,2-3,6H2,1H3;2*1H;/q;;;+2/p-2. The molecule has 86 valence electrons. The van der Waals surface area contributed by atoms with Crippen LogP contribution in [-0.4, -0.2) is 0 Å². The van der Waals surface area contributed by atoms with Crippen molar-refractivity contribution in [2.45, 2.75) is 32.1 Å². The van der Waals surface area contributed by atoms with Crippen LogP contribution in [0.2, 0.25) is 0 Å². The van der Waals surface area contributed by atoms with Gasteiger partial charge in [0.2, 0.25) is 0 Å². The molecule has 1 aliphatic carbocycles. The van der Waals surface area contributed by atoms with Gasteiger partial charge >= 0.3 is 50.9 Å². The van der Waals surface area contributed by atoms with Gasteiger partial charge in [-0.3, -0.25) is 0 Å². The van der Waals surface area contributed by atoms with Gasteiger partial charge in [0.15, 0.2) is 0 Å². The minimum atomic E-state index is 0.170. The molecule has 0 saturated heterocycles. The van der Waals surface area contributed by atoms with Crippen LogP contribution in [0.1, 0.15) is 43.2 Å². The van der Waals surface area contributed by atoms with E-state index in [1.165, 1.54) is 30.4 Å². The van der Waals surface area contributed by atoms with Crippen molar-refractivity contribution in [2.75, 3.05) is 0 Å². The molecule has 0 heterocycles. The first-order chi connectivity index (χ1) is 7.83. The Labute approximate surface area is 129 Å². The van der Waals surface area contributed by atoms with E-state index in [-0.39, 0.29) is 14.9 Å². The van der Waals surface area contributed by atoms with E-state index in [0.717, 1.165) is 0 Å². The molecular weight excluding hydrogens is 501 g/mol. The first kappa shape index (κ1) is 15.4. The predicted molar refractivity (Wildman–Crippen MR) is 85.8 cm³/mol. The van der Waals surface area contributed by atoms with Gasteiger partial charge in [0, 0.05) is 5.92 Å². The van der Waals surface area contributed by atoms with Crippen LogP contribution in [0.25, 0.3) is 6.08 Å². The molecule has 3 heteroatoms. The Kier molecular flexibility index (Phi) is 8.89. The maximum atomic E-state index is 2.45. The van der Waals surface area contributed by atoms with Gasteiger partial charge in [-0.05, 0) is 17.5 Å². The molecule has 0 spiro atoms. The second-order valence-electron chi connectivity index (χ2n) is 3.81. The molecule has 1 atom stereocenters. The van der Waals surface area contributed by atoms with Crippen molar-refractivity contribution >= 4 is 42.2 Å². The van der Waals surface area contributed by atoms with Gasteiger partial charge < -0.3 is 0 Å². The molecule has 0 saturated carbocycles. The van der Waals surface area contributed by atoms with Gasteiger partial charge in [-0.25, -0.2) is 0 Å². The molecule has 0 aliphatic heterocycles. The van der Waals surface area contributed by atoms with Crippen molar-refractivity contribution in [2.24, 2.45) is 0 Å². The fourth-order valence-corrected chi connectivity index (χ4v) is 2.00. The van der Waals surface area contributed by atoms with Crippen LogP contribution in [0.4, 0.5) is 0 Å². The van der Waals surface area contributed by atoms with Crippen LogP contribution in [0.15, 0.2) is 30.3 Å². The Morgan fingerprint density at radius 2 is 1.94 bits per heavy atom. The topological polar surface area (TPSA) is 0 Å². The molecule has 0 N–H and O–H groups in total. The fraction of sp³-hybridized carbons (Fsp3) is 0.385. The molecule has 0 nitrogen and oxygen atoms in total. The summed E-state index contributed by atoms with van der Waals surface area (Å²) in [7, 11) is 0. The van der Waals surface area contributed by atoms with E-state index in [1.54, 1.807) is 0 Å². The number of unbranched alkanes of at least 4 members (excludes halogenated alkanes) is 1. The minimum absolute atomic E-state index is 0.170. The average Bonchev–Trinajstić information content (AvgIpc) is 2.71. The Balaban J connectivity index is 0.000000386. The number of hydrogen-bond donors (Lipinski definition) is 0. The number of allylic oxidation sites excluding steroid dienone is 1. The van der Waals surface area contributed by atoms with Crippen molar-refractivity contribution in [1.82, 2.24) is 0 Å². The Morgan fingerprint density at radius 3 is 2.62 bits per heavy atom. The van der Waals surface area contributed by atoms with Crippen LogP contribution >= 0.6 is 36.1 Å². The van der Waals surface area contributed by atoms with E-state index < -0.39 is 0 Å². The molecule has 1 aromatic carbocycles. The number of benzene rings is 1. The Hall–Kier alpha value is 1.30. The molecule has 2 rings (SSSR count). The summed E-state index contributed by atoms with van der Waals surface area (Å²) in [4.78, 5) is 0. The van der Waals surface area contributed by atoms with E-state index in [4.69, 9.17) is 0 Å². The molecule has 16 heavy (non-hydrogen) atoms. The van der Waals surface area contributed by atoms with Gasteiger partial charge in [-0.2, -0.15) is 0 Å². The number of halogens is 2. The van der Waals surface area contributed by atoms with E-state index in [9.17, 15) is 0 Å². The van der Waals surface area contributed by atoms with Crippen LogP contribution < -0.4 is 0 Å².